The summed E-state index contributed by atoms with van der Waals surface area (Å²) in [6.45, 7) is 1.37. The van der Waals surface area contributed by atoms with Gasteiger partial charge in [-0.2, -0.15) is 0 Å². The number of hydrogen-bond acceptors (Lipinski definition) is 4. The van der Waals surface area contributed by atoms with Crippen LogP contribution in [0.4, 0.5) is 16.2 Å². The Hall–Kier alpha value is -3.16. The van der Waals surface area contributed by atoms with Crippen LogP contribution in [0, 0.1) is 0 Å². The van der Waals surface area contributed by atoms with Gasteiger partial charge in [0.2, 0.25) is 5.91 Å². The van der Waals surface area contributed by atoms with E-state index in [0.717, 1.165) is 6.08 Å². The lowest BCUT2D eigenvalue weighted by Crippen LogP contribution is -2.33. The molecule has 0 saturated carbocycles. The lowest BCUT2D eigenvalue weighted by molar-refractivity contribution is -0.131. The zero-order valence-electron chi connectivity index (χ0n) is 11.0. The molecular weight excluding hydrogens is 278 g/mol. The Morgan fingerprint density at radius 1 is 0.952 bits per heavy atom. The number of carbonyl (C=O) groups excluding carboxylic acids is 3. The molecular formula is C13H13N3O5. The Labute approximate surface area is 119 Å². The Morgan fingerprint density at radius 3 is 1.95 bits per heavy atom. The number of nitrogens with one attached hydrogen (secondary N) is 3. The summed E-state index contributed by atoms with van der Waals surface area (Å²) in [6, 6.07) is 5.40. The molecule has 0 aliphatic heterocycles. The van der Waals surface area contributed by atoms with Crippen LogP contribution in [-0.4, -0.2) is 28.9 Å². The molecule has 4 amide bonds. The zero-order chi connectivity index (χ0) is 15.8. The highest BCUT2D eigenvalue weighted by Crippen LogP contribution is 2.13. The summed E-state index contributed by atoms with van der Waals surface area (Å²) in [5.74, 6) is -2.37. The van der Waals surface area contributed by atoms with Crippen LogP contribution in [0.1, 0.15) is 6.92 Å². The maximum Gasteiger partial charge on any atom is 0.328 e. The van der Waals surface area contributed by atoms with E-state index in [-0.39, 0.29) is 5.91 Å². The molecule has 0 aliphatic rings. The van der Waals surface area contributed by atoms with E-state index in [4.69, 9.17) is 5.11 Å². The van der Waals surface area contributed by atoms with Crippen LogP contribution in [0.15, 0.2) is 36.4 Å². The summed E-state index contributed by atoms with van der Waals surface area (Å²) in [7, 11) is 0. The summed E-state index contributed by atoms with van der Waals surface area (Å²) >= 11 is 0. The third-order valence-corrected chi connectivity index (χ3v) is 2.08. The van der Waals surface area contributed by atoms with Crippen LogP contribution >= 0.6 is 0 Å². The second-order valence-electron chi connectivity index (χ2n) is 3.87. The van der Waals surface area contributed by atoms with Gasteiger partial charge in [-0.3, -0.25) is 14.9 Å². The summed E-state index contributed by atoms with van der Waals surface area (Å²) < 4.78 is 0. The Kier molecular flexibility index (Phi) is 5.63. The van der Waals surface area contributed by atoms with Crippen molar-refractivity contribution in [3.63, 3.8) is 0 Å². The number of urea groups is 1. The first-order valence-corrected chi connectivity index (χ1v) is 5.77. The molecule has 0 atom stereocenters. The highest BCUT2D eigenvalue weighted by Gasteiger charge is 2.05. The van der Waals surface area contributed by atoms with Gasteiger partial charge in [0.05, 0.1) is 0 Å². The number of imide groups is 1. The first kappa shape index (κ1) is 15.9. The van der Waals surface area contributed by atoms with Gasteiger partial charge in [-0.25, -0.2) is 9.59 Å². The average Bonchev–Trinajstić information content (AvgIpc) is 2.38. The maximum atomic E-state index is 11.4. The van der Waals surface area contributed by atoms with Crippen molar-refractivity contribution >= 4 is 35.2 Å². The summed E-state index contributed by atoms with van der Waals surface area (Å²) in [5.41, 5.74) is 0.963. The molecule has 0 unspecified atom stereocenters. The molecule has 8 heteroatoms. The van der Waals surface area contributed by atoms with Gasteiger partial charge in [-0.1, -0.05) is 0 Å². The van der Waals surface area contributed by atoms with Crippen molar-refractivity contribution in [1.82, 2.24) is 5.32 Å². The zero-order valence-corrected chi connectivity index (χ0v) is 11.0. The number of carboxylic acids is 1. The largest absolute Gasteiger partial charge is 0.478 e. The highest BCUT2D eigenvalue weighted by atomic mass is 16.4. The van der Waals surface area contributed by atoms with Gasteiger partial charge in [0.1, 0.15) is 0 Å². The summed E-state index contributed by atoms with van der Waals surface area (Å²) in [6.07, 6.45) is 1.34. The third kappa shape index (κ3) is 6.53. The monoisotopic (exact) mass is 291 g/mol. The topological polar surface area (TPSA) is 125 Å². The lowest BCUT2D eigenvalue weighted by atomic mass is 10.3. The molecule has 21 heavy (non-hydrogen) atoms. The molecule has 0 aromatic heterocycles. The Morgan fingerprint density at radius 2 is 1.48 bits per heavy atom. The highest BCUT2D eigenvalue weighted by molar-refractivity contribution is 6.06. The standard InChI is InChI=1S/C13H13N3O5/c1-8(17)14-9-2-4-10(5-3-9)15-13(21)16-11(18)6-7-12(19)20/h2-7H,1H3,(H,14,17)(H,19,20)(H2,15,16,18,21)/b7-6+. The van der Waals surface area contributed by atoms with E-state index in [1.165, 1.54) is 19.1 Å². The molecule has 0 aliphatic carbocycles. The number of amides is 4. The fourth-order valence-corrected chi connectivity index (χ4v) is 1.30. The van der Waals surface area contributed by atoms with Gasteiger partial charge >= 0.3 is 12.0 Å². The van der Waals surface area contributed by atoms with E-state index in [0.29, 0.717) is 17.5 Å². The van der Waals surface area contributed by atoms with Crippen LogP contribution in [0.5, 0.6) is 0 Å². The number of anilines is 2. The Bertz CT molecular complexity index is 592. The van der Waals surface area contributed by atoms with Crippen molar-refractivity contribution in [3.05, 3.63) is 36.4 Å². The average molecular weight is 291 g/mol. The van der Waals surface area contributed by atoms with E-state index >= 15 is 0 Å². The molecule has 1 aromatic rings. The quantitative estimate of drug-likeness (QED) is 0.614. The third-order valence-electron chi connectivity index (χ3n) is 2.08. The van der Waals surface area contributed by atoms with Crippen LogP contribution in [0.2, 0.25) is 0 Å². The van der Waals surface area contributed by atoms with E-state index < -0.39 is 17.9 Å². The molecule has 8 nitrogen and oxygen atoms in total. The van der Waals surface area contributed by atoms with E-state index in [9.17, 15) is 19.2 Å². The molecule has 0 spiro atoms. The minimum Gasteiger partial charge on any atom is -0.478 e. The minimum absolute atomic E-state index is 0.218. The molecule has 1 aromatic carbocycles. The first-order valence-electron chi connectivity index (χ1n) is 5.77. The van der Waals surface area contributed by atoms with Gasteiger partial charge in [0.15, 0.2) is 0 Å². The van der Waals surface area contributed by atoms with Crippen LogP contribution in [0.3, 0.4) is 0 Å². The van der Waals surface area contributed by atoms with Crippen molar-refractivity contribution in [2.75, 3.05) is 10.6 Å². The number of carbonyl (C=O) groups is 4. The van der Waals surface area contributed by atoms with Crippen LogP contribution in [0.25, 0.3) is 0 Å². The number of rotatable bonds is 4. The number of carboxylic acid groups (broad SMARTS) is 1. The normalized spacial score (nSPS) is 9.95. The van der Waals surface area contributed by atoms with Crippen LogP contribution < -0.4 is 16.0 Å². The molecule has 0 heterocycles. The van der Waals surface area contributed by atoms with Gasteiger partial charge in [-0.15, -0.1) is 0 Å². The predicted octanol–water partition coefficient (Wildman–Crippen LogP) is 0.934. The van der Waals surface area contributed by atoms with Crippen LogP contribution in [-0.2, 0) is 14.4 Å². The second kappa shape index (κ2) is 7.43. The van der Waals surface area contributed by atoms with E-state index in [1.54, 1.807) is 12.1 Å². The lowest BCUT2D eigenvalue weighted by Gasteiger charge is -2.06. The summed E-state index contributed by atoms with van der Waals surface area (Å²) in [4.78, 5) is 43.6. The van der Waals surface area contributed by atoms with Crippen molar-refractivity contribution in [1.29, 1.82) is 0 Å². The fraction of sp³-hybridized carbons (Fsp3) is 0.0769. The number of aliphatic carboxylic acids is 1. The smallest absolute Gasteiger partial charge is 0.328 e. The van der Waals surface area contributed by atoms with Gasteiger partial charge in [0.25, 0.3) is 5.91 Å². The van der Waals surface area contributed by atoms with Crippen molar-refractivity contribution < 1.29 is 24.3 Å². The number of benzene rings is 1. The molecule has 0 saturated heterocycles. The molecule has 0 bridgehead atoms. The number of hydrogen-bond donors (Lipinski definition) is 4. The minimum atomic E-state index is -1.29. The van der Waals surface area contributed by atoms with Crippen molar-refractivity contribution in [3.8, 4) is 0 Å². The van der Waals surface area contributed by atoms with Gasteiger partial charge < -0.3 is 15.7 Å². The molecule has 0 fully saturated rings. The first-order chi connectivity index (χ1) is 9.86. The Balaban J connectivity index is 2.53. The molecule has 0 radical (unpaired) electrons. The predicted molar refractivity (Wildman–Crippen MR) is 74.7 cm³/mol. The summed E-state index contributed by atoms with van der Waals surface area (Å²) in [5, 5.41) is 15.2. The fourth-order valence-electron chi connectivity index (χ4n) is 1.30. The SMILES string of the molecule is CC(=O)Nc1ccc(NC(=O)NC(=O)/C=C/C(=O)O)cc1. The van der Waals surface area contributed by atoms with Crippen molar-refractivity contribution in [2.24, 2.45) is 0 Å². The van der Waals surface area contributed by atoms with Crippen molar-refractivity contribution in [2.45, 2.75) is 6.92 Å². The maximum absolute atomic E-state index is 11.4. The second-order valence-corrected chi connectivity index (χ2v) is 3.87. The molecule has 110 valence electrons. The van der Waals surface area contributed by atoms with E-state index in [1.807, 2.05) is 5.32 Å². The molecule has 1 rings (SSSR count). The van der Waals surface area contributed by atoms with Gasteiger partial charge in [-0.05, 0) is 24.3 Å². The van der Waals surface area contributed by atoms with E-state index in [2.05, 4.69) is 10.6 Å². The van der Waals surface area contributed by atoms with Gasteiger partial charge in [0, 0.05) is 30.5 Å². The molecule has 4 N–H and O–H groups in total.